The maximum absolute atomic E-state index is 10.5. The van der Waals surface area contributed by atoms with Crippen molar-refractivity contribution in [3.63, 3.8) is 0 Å². The maximum atomic E-state index is 10.5. The van der Waals surface area contributed by atoms with Crippen LogP contribution in [0, 0.1) is 6.07 Å². The van der Waals surface area contributed by atoms with Crippen molar-refractivity contribution in [2.75, 3.05) is 0 Å². The molecule has 0 fully saturated rings. The van der Waals surface area contributed by atoms with Crippen LogP contribution in [0.5, 0.6) is 5.75 Å². The Hall–Kier alpha value is -4.73. The first-order valence-electron chi connectivity index (χ1n) is 12.8. The van der Waals surface area contributed by atoms with Gasteiger partial charge in [0.05, 0.1) is 5.69 Å². The molecular weight excluding hydrogens is 675 g/mol. The third-order valence-corrected chi connectivity index (χ3v) is 7.38. The van der Waals surface area contributed by atoms with Gasteiger partial charge in [-0.1, -0.05) is 71.7 Å². The summed E-state index contributed by atoms with van der Waals surface area (Å²) in [7, 11) is 0. The number of phenols is 1. The minimum absolute atomic E-state index is 0. The van der Waals surface area contributed by atoms with Gasteiger partial charge in [0, 0.05) is 43.9 Å². The second kappa shape index (κ2) is 9.48. The first-order chi connectivity index (χ1) is 19.3. The fourth-order valence-corrected chi connectivity index (χ4v) is 5.67. The van der Waals surface area contributed by atoms with Gasteiger partial charge in [-0.25, -0.2) is 9.97 Å². The Bertz CT molecular complexity index is 2200. The summed E-state index contributed by atoms with van der Waals surface area (Å²) in [6.45, 7) is 0. The molecule has 0 saturated carbocycles. The minimum Gasteiger partial charge on any atom is -0.507 e. The smallest absolute Gasteiger partial charge is 0.136 e. The van der Waals surface area contributed by atoms with Crippen LogP contribution in [0.25, 0.3) is 66.5 Å². The molecule has 0 saturated heterocycles. The summed E-state index contributed by atoms with van der Waals surface area (Å²) in [5, 5.41) is 15.0. The molecule has 4 aromatic heterocycles. The van der Waals surface area contributed by atoms with E-state index < -0.39 is 0 Å². The molecule has 0 radical (unpaired) electrons. The molecule has 0 spiro atoms. The van der Waals surface area contributed by atoms with Gasteiger partial charge in [0.15, 0.2) is 0 Å². The number of aromatic nitrogens is 4. The predicted molar refractivity (Wildman–Crippen MR) is 157 cm³/mol. The van der Waals surface area contributed by atoms with E-state index in [1.165, 1.54) is 0 Å². The van der Waals surface area contributed by atoms with Gasteiger partial charge in [-0.15, -0.1) is 16.8 Å². The van der Waals surface area contributed by atoms with Gasteiger partial charge in [-0.3, -0.25) is 0 Å². The fourth-order valence-electron chi connectivity index (χ4n) is 5.67. The van der Waals surface area contributed by atoms with Gasteiger partial charge >= 0.3 is 0 Å². The number of phenolic OH excluding ortho intramolecular Hbond substituents is 1. The van der Waals surface area contributed by atoms with E-state index in [0.29, 0.717) is 11.3 Å². The molecule has 6 heteroatoms. The van der Waals surface area contributed by atoms with Gasteiger partial charge in [0.2, 0.25) is 0 Å². The van der Waals surface area contributed by atoms with Gasteiger partial charge in [-0.2, -0.15) is 6.07 Å². The number of pyridine rings is 2. The molecule has 0 amide bonds. The normalized spacial score (nSPS) is 11.4. The van der Waals surface area contributed by atoms with Gasteiger partial charge in [0.1, 0.15) is 17.4 Å². The van der Waals surface area contributed by atoms with Crippen LogP contribution in [0.2, 0.25) is 0 Å². The number of hydrogen-bond donors (Lipinski definition) is 1. The van der Waals surface area contributed by atoms with Crippen molar-refractivity contribution < 1.29 is 26.2 Å². The summed E-state index contributed by atoms with van der Waals surface area (Å²) in [4.78, 5) is 9.69. The van der Waals surface area contributed by atoms with Crippen molar-refractivity contribution in [1.82, 2.24) is 19.1 Å². The van der Waals surface area contributed by atoms with E-state index in [1.807, 2.05) is 66.9 Å². The van der Waals surface area contributed by atoms with E-state index in [2.05, 4.69) is 68.7 Å². The number of hydrogen-bond acceptors (Lipinski definition) is 3. The summed E-state index contributed by atoms with van der Waals surface area (Å²) in [5.41, 5.74) is 5.44. The van der Waals surface area contributed by atoms with Crippen LogP contribution in [0.15, 0.2) is 121 Å². The zero-order valence-electron chi connectivity index (χ0n) is 21.1. The molecule has 4 heterocycles. The summed E-state index contributed by atoms with van der Waals surface area (Å²) in [6, 6.07) is 42.0. The Kier molecular flexibility index (Phi) is 5.76. The molecule has 5 nitrogen and oxygen atoms in total. The first kappa shape index (κ1) is 24.3. The average molecular weight is 697 g/mol. The number of aromatic hydroxyl groups is 1. The van der Waals surface area contributed by atoms with Gasteiger partial charge in [-0.05, 0) is 59.3 Å². The van der Waals surface area contributed by atoms with Crippen LogP contribution in [-0.4, -0.2) is 24.2 Å². The Balaban J connectivity index is 0.00000264. The van der Waals surface area contributed by atoms with Gasteiger partial charge < -0.3 is 14.2 Å². The summed E-state index contributed by atoms with van der Waals surface area (Å²) >= 11 is 0. The topological polar surface area (TPSA) is 55.9 Å². The molecule has 194 valence electrons. The van der Waals surface area contributed by atoms with Crippen molar-refractivity contribution in [2.45, 2.75) is 0 Å². The van der Waals surface area contributed by atoms with Crippen molar-refractivity contribution in [3.8, 4) is 28.6 Å². The van der Waals surface area contributed by atoms with E-state index >= 15 is 0 Å². The monoisotopic (exact) mass is 696 g/mol. The van der Waals surface area contributed by atoms with Crippen molar-refractivity contribution in [1.29, 1.82) is 0 Å². The van der Waals surface area contributed by atoms with Crippen molar-refractivity contribution in [3.05, 3.63) is 128 Å². The Morgan fingerprint density at radius 2 is 1.18 bits per heavy atom. The first-order valence-corrected chi connectivity index (χ1v) is 12.8. The molecule has 8 aromatic rings. The Labute approximate surface area is 244 Å². The van der Waals surface area contributed by atoms with E-state index in [0.717, 1.165) is 55.2 Å². The molecule has 0 bridgehead atoms. The molecule has 4 aromatic carbocycles. The maximum Gasteiger partial charge on any atom is 0.136 e. The zero-order valence-corrected chi connectivity index (χ0v) is 23.4. The molecule has 0 aliphatic rings. The van der Waals surface area contributed by atoms with Crippen molar-refractivity contribution >= 4 is 43.6 Å². The summed E-state index contributed by atoms with van der Waals surface area (Å²) in [5.74, 6) is 1.82. The van der Waals surface area contributed by atoms with Gasteiger partial charge in [0.25, 0.3) is 0 Å². The molecule has 0 atom stereocenters. The molecule has 0 aliphatic heterocycles. The molecule has 0 unspecified atom stereocenters. The molecule has 40 heavy (non-hydrogen) atoms. The molecule has 0 aliphatic carbocycles. The van der Waals surface area contributed by atoms with Crippen LogP contribution < -0.4 is 0 Å². The fraction of sp³-hybridized carbons (Fsp3) is 0. The SMILES string of the molecule is Oc1ccccc1-c1cccc(-n2c3[c-]c4c(cc3c3ccccc32)c2ccccc2n4-c2ccccn2)n1.[Pt]. The van der Waals surface area contributed by atoms with Crippen molar-refractivity contribution in [2.24, 2.45) is 0 Å². The molecular formula is C34H21N4OPt-. The summed E-state index contributed by atoms with van der Waals surface area (Å²) in [6.07, 6.45) is 1.82. The van der Waals surface area contributed by atoms with E-state index in [-0.39, 0.29) is 26.8 Å². The number of rotatable bonds is 3. The second-order valence-corrected chi connectivity index (χ2v) is 9.59. The largest absolute Gasteiger partial charge is 0.507 e. The standard InChI is InChI=1S/C34H21N4O.Pt/c39-32-16-6-3-12-24(32)27-13-9-18-34(36-27)38-29-15-5-2-11-23(29)26-20-25-22-10-1-4-14-28(22)37(30(25)21-31(26)38)33-17-7-8-19-35-33;/h1-20,39H;/q-1;. The third-order valence-electron chi connectivity index (χ3n) is 7.38. The van der Waals surface area contributed by atoms with Crippen LogP contribution in [-0.2, 0) is 21.1 Å². The second-order valence-electron chi connectivity index (χ2n) is 9.59. The van der Waals surface area contributed by atoms with Crippen LogP contribution in [0.3, 0.4) is 0 Å². The Morgan fingerprint density at radius 1 is 0.575 bits per heavy atom. The molecule has 1 N–H and O–H groups in total. The predicted octanol–water partition coefficient (Wildman–Crippen LogP) is 7.84. The Morgan fingerprint density at radius 3 is 1.85 bits per heavy atom. The van der Waals surface area contributed by atoms with Crippen LogP contribution >= 0.6 is 0 Å². The number of benzene rings is 4. The number of fused-ring (bicyclic) bond motifs is 6. The summed E-state index contributed by atoms with van der Waals surface area (Å²) < 4.78 is 4.34. The van der Waals surface area contributed by atoms with E-state index in [9.17, 15) is 5.11 Å². The third kappa shape index (κ3) is 3.59. The minimum atomic E-state index is 0. The average Bonchev–Trinajstić information content (AvgIpc) is 3.49. The number of para-hydroxylation sites is 3. The zero-order chi connectivity index (χ0) is 25.9. The quantitative estimate of drug-likeness (QED) is 0.192. The van der Waals surface area contributed by atoms with Crippen LogP contribution in [0.4, 0.5) is 0 Å². The van der Waals surface area contributed by atoms with E-state index in [1.54, 1.807) is 6.07 Å². The molecule has 8 rings (SSSR count). The van der Waals surface area contributed by atoms with Crippen LogP contribution in [0.1, 0.15) is 0 Å². The van der Waals surface area contributed by atoms with E-state index in [4.69, 9.17) is 4.98 Å². The number of nitrogens with zero attached hydrogens (tertiary/aromatic N) is 4.